The molecule has 2 N–H and O–H groups in total. The summed E-state index contributed by atoms with van der Waals surface area (Å²) < 4.78 is 0. The summed E-state index contributed by atoms with van der Waals surface area (Å²) in [4.78, 5) is 9.56. The fourth-order valence-corrected chi connectivity index (χ4v) is 3.00. The number of hydrogen-bond acceptors (Lipinski definition) is 4. The third-order valence-corrected chi connectivity index (χ3v) is 4.37. The number of nitrogens with two attached hydrogens (primary N) is 1. The van der Waals surface area contributed by atoms with Gasteiger partial charge in [0.2, 0.25) is 0 Å². The number of rotatable bonds is 4. The Morgan fingerprint density at radius 2 is 2.00 bits per heavy atom. The van der Waals surface area contributed by atoms with Crippen molar-refractivity contribution in [2.45, 2.75) is 19.8 Å². The van der Waals surface area contributed by atoms with E-state index in [1.807, 2.05) is 18.2 Å². The van der Waals surface area contributed by atoms with Crippen molar-refractivity contribution in [2.75, 3.05) is 43.9 Å². The third kappa shape index (κ3) is 3.10. The number of likely N-dealkylation sites (N-methyl/N-ethyl adjacent to an activating group) is 1. The lowest BCUT2D eigenvalue weighted by Gasteiger charge is -2.23. The summed E-state index contributed by atoms with van der Waals surface area (Å²) >= 11 is 0. The zero-order valence-corrected chi connectivity index (χ0v) is 13.0. The van der Waals surface area contributed by atoms with Gasteiger partial charge in [0.1, 0.15) is 5.82 Å². The molecule has 21 heavy (non-hydrogen) atoms. The molecule has 0 amide bonds. The van der Waals surface area contributed by atoms with Gasteiger partial charge in [-0.3, -0.25) is 0 Å². The van der Waals surface area contributed by atoms with Crippen LogP contribution in [-0.2, 0) is 0 Å². The fourth-order valence-electron chi connectivity index (χ4n) is 3.00. The van der Waals surface area contributed by atoms with Crippen LogP contribution in [0.4, 0.5) is 11.5 Å². The molecule has 0 unspecified atom stereocenters. The van der Waals surface area contributed by atoms with Crippen molar-refractivity contribution in [3.05, 3.63) is 29.8 Å². The van der Waals surface area contributed by atoms with Gasteiger partial charge in [0.25, 0.3) is 0 Å². The molecule has 1 fully saturated rings. The maximum Gasteiger partial charge on any atom is 0.129 e. The van der Waals surface area contributed by atoms with E-state index >= 15 is 0 Å². The summed E-state index contributed by atoms with van der Waals surface area (Å²) in [5.74, 6) is 1.05. The van der Waals surface area contributed by atoms with Crippen LogP contribution in [0.2, 0.25) is 0 Å². The predicted octanol–water partition coefficient (Wildman–Crippen LogP) is 2.66. The van der Waals surface area contributed by atoms with Gasteiger partial charge in [-0.25, -0.2) is 4.98 Å². The average molecular weight is 284 g/mol. The first kappa shape index (κ1) is 14.1. The van der Waals surface area contributed by atoms with Crippen molar-refractivity contribution in [2.24, 2.45) is 0 Å². The standard InChI is InChI=1S/C17H24N4/c1-13-11-17(19-16-6-5-14(18)12-15(13)16)20(2)9-10-21-7-3-4-8-21/h5-6,11-12H,3-4,7-10,18H2,1-2H3. The van der Waals surface area contributed by atoms with Crippen LogP contribution in [0.15, 0.2) is 24.3 Å². The van der Waals surface area contributed by atoms with Gasteiger partial charge in [0, 0.05) is 31.2 Å². The SMILES string of the molecule is Cc1cc(N(C)CCN2CCCC2)nc2ccc(N)cc12. The quantitative estimate of drug-likeness (QED) is 0.877. The van der Waals surface area contributed by atoms with Crippen molar-refractivity contribution in [1.29, 1.82) is 0 Å². The second-order valence-corrected chi connectivity index (χ2v) is 6.04. The summed E-state index contributed by atoms with van der Waals surface area (Å²) in [6, 6.07) is 8.09. The molecule has 2 heterocycles. The molecule has 0 spiro atoms. The topological polar surface area (TPSA) is 45.4 Å². The lowest BCUT2D eigenvalue weighted by molar-refractivity contribution is 0.346. The molecule has 0 radical (unpaired) electrons. The van der Waals surface area contributed by atoms with Crippen molar-refractivity contribution < 1.29 is 0 Å². The van der Waals surface area contributed by atoms with Gasteiger partial charge < -0.3 is 15.5 Å². The van der Waals surface area contributed by atoms with Gasteiger partial charge in [-0.15, -0.1) is 0 Å². The minimum absolute atomic E-state index is 0.794. The Kier molecular flexibility index (Phi) is 3.97. The normalized spacial score (nSPS) is 15.7. The number of aromatic nitrogens is 1. The number of nitrogen functional groups attached to an aromatic ring is 1. The molecule has 1 saturated heterocycles. The van der Waals surface area contributed by atoms with Gasteiger partial charge in [-0.2, -0.15) is 0 Å². The van der Waals surface area contributed by atoms with Crippen LogP contribution in [0.3, 0.4) is 0 Å². The molecule has 4 nitrogen and oxygen atoms in total. The molecule has 1 aliphatic rings. The summed E-state index contributed by atoms with van der Waals surface area (Å²) in [5.41, 5.74) is 8.91. The lowest BCUT2D eigenvalue weighted by Crippen LogP contribution is -2.31. The van der Waals surface area contributed by atoms with Crippen molar-refractivity contribution in [1.82, 2.24) is 9.88 Å². The van der Waals surface area contributed by atoms with Crippen LogP contribution in [0.5, 0.6) is 0 Å². The Morgan fingerprint density at radius 3 is 2.76 bits per heavy atom. The number of fused-ring (bicyclic) bond motifs is 1. The highest BCUT2D eigenvalue weighted by atomic mass is 15.2. The van der Waals surface area contributed by atoms with Crippen molar-refractivity contribution in [3.8, 4) is 0 Å². The molecule has 0 saturated carbocycles. The number of likely N-dealkylation sites (tertiary alicyclic amines) is 1. The molecule has 3 rings (SSSR count). The highest BCUT2D eigenvalue weighted by Crippen LogP contribution is 2.23. The van der Waals surface area contributed by atoms with E-state index in [9.17, 15) is 0 Å². The zero-order valence-electron chi connectivity index (χ0n) is 13.0. The molecule has 1 aromatic carbocycles. The van der Waals surface area contributed by atoms with E-state index in [1.54, 1.807) is 0 Å². The Labute approximate surface area is 126 Å². The number of anilines is 2. The lowest BCUT2D eigenvalue weighted by atomic mass is 10.1. The third-order valence-electron chi connectivity index (χ3n) is 4.37. The Balaban J connectivity index is 1.77. The molecule has 112 valence electrons. The minimum atomic E-state index is 0.794. The van der Waals surface area contributed by atoms with E-state index in [1.165, 1.54) is 31.5 Å². The second kappa shape index (κ2) is 5.90. The number of pyridine rings is 1. The van der Waals surface area contributed by atoms with Crippen LogP contribution < -0.4 is 10.6 Å². The molecular formula is C17H24N4. The van der Waals surface area contributed by atoms with Crippen LogP contribution in [-0.4, -0.2) is 43.1 Å². The molecule has 1 aromatic heterocycles. The largest absolute Gasteiger partial charge is 0.399 e. The van der Waals surface area contributed by atoms with Crippen molar-refractivity contribution >= 4 is 22.4 Å². The average Bonchev–Trinajstić information content (AvgIpc) is 2.98. The van der Waals surface area contributed by atoms with E-state index in [2.05, 4.69) is 29.8 Å². The molecule has 0 atom stereocenters. The highest BCUT2D eigenvalue weighted by Gasteiger charge is 2.13. The van der Waals surface area contributed by atoms with E-state index in [4.69, 9.17) is 10.7 Å². The van der Waals surface area contributed by atoms with Gasteiger partial charge >= 0.3 is 0 Å². The summed E-state index contributed by atoms with van der Waals surface area (Å²) in [6.45, 7) is 6.76. The zero-order chi connectivity index (χ0) is 14.8. The Morgan fingerprint density at radius 1 is 1.24 bits per heavy atom. The number of nitrogens with zero attached hydrogens (tertiary/aromatic N) is 3. The number of hydrogen-bond donors (Lipinski definition) is 1. The maximum absolute atomic E-state index is 5.86. The fraction of sp³-hybridized carbons (Fsp3) is 0.471. The van der Waals surface area contributed by atoms with Crippen LogP contribution >= 0.6 is 0 Å². The first-order chi connectivity index (χ1) is 10.1. The number of benzene rings is 1. The number of aryl methyl sites for hydroxylation is 1. The molecular weight excluding hydrogens is 260 g/mol. The van der Waals surface area contributed by atoms with Gasteiger partial charge in [-0.05, 0) is 62.7 Å². The Hall–Kier alpha value is -1.81. The van der Waals surface area contributed by atoms with E-state index < -0.39 is 0 Å². The first-order valence-corrected chi connectivity index (χ1v) is 7.74. The molecule has 1 aliphatic heterocycles. The van der Waals surface area contributed by atoms with E-state index in [0.29, 0.717) is 0 Å². The molecule has 0 aliphatic carbocycles. The van der Waals surface area contributed by atoms with Crippen molar-refractivity contribution in [3.63, 3.8) is 0 Å². The monoisotopic (exact) mass is 284 g/mol. The van der Waals surface area contributed by atoms with Crippen LogP contribution in [0, 0.1) is 6.92 Å². The van der Waals surface area contributed by atoms with Gasteiger partial charge in [0.15, 0.2) is 0 Å². The Bertz CT molecular complexity index is 632. The van der Waals surface area contributed by atoms with Crippen LogP contribution in [0.25, 0.3) is 10.9 Å². The maximum atomic E-state index is 5.86. The predicted molar refractivity (Wildman–Crippen MR) is 89.8 cm³/mol. The first-order valence-electron chi connectivity index (χ1n) is 7.74. The smallest absolute Gasteiger partial charge is 0.129 e. The van der Waals surface area contributed by atoms with E-state index in [-0.39, 0.29) is 0 Å². The summed E-state index contributed by atoms with van der Waals surface area (Å²) in [5, 5.41) is 1.15. The molecule has 0 bridgehead atoms. The highest BCUT2D eigenvalue weighted by molar-refractivity contribution is 5.86. The summed E-state index contributed by atoms with van der Waals surface area (Å²) in [6.07, 6.45) is 2.69. The van der Waals surface area contributed by atoms with Gasteiger partial charge in [0.05, 0.1) is 5.52 Å². The summed E-state index contributed by atoms with van der Waals surface area (Å²) in [7, 11) is 2.13. The van der Waals surface area contributed by atoms with Gasteiger partial charge in [-0.1, -0.05) is 0 Å². The molecule has 4 heteroatoms. The second-order valence-electron chi connectivity index (χ2n) is 6.04. The van der Waals surface area contributed by atoms with E-state index in [0.717, 1.165) is 35.5 Å². The van der Waals surface area contributed by atoms with Crippen LogP contribution in [0.1, 0.15) is 18.4 Å². The minimum Gasteiger partial charge on any atom is -0.399 e. The molecule has 2 aromatic rings.